The molecular weight excluding hydrogens is 334 g/mol. The number of methoxy groups -OCH3 is 1. The van der Waals surface area contributed by atoms with Crippen molar-refractivity contribution < 1.29 is 14.3 Å². The number of hydrogen-bond donors (Lipinski definition) is 0. The highest BCUT2D eigenvalue weighted by Gasteiger charge is 2.36. The van der Waals surface area contributed by atoms with E-state index in [9.17, 15) is 14.4 Å². The Morgan fingerprint density at radius 2 is 2.15 bits per heavy atom. The highest BCUT2D eigenvalue weighted by atomic mass is 16.5. The van der Waals surface area contributed by atoms with Crippen molar-refractivity contribution in [3.8, 4) is 0 Å². The predicted molar refractivity (Wildman–Crippen MR) is 94.9 cm³/mol. The van der Waals surface area contributed by atoms with Gasteiger partial charge in [0, 0.05) is 25.1 Å². The first-order valence-corrected chi connectivity index (χ1v) is 8.50. The molecule has 1 aliphatic rings. The summed E-state index contributed by atoms with van der Waals surface area (Å²) in [6.07, 6.45) is 6.27. The summed E-state index contributed by atoms with van der Waals surface area (Å²) in [4.78, 5) is 43.4. The van der Waals surface area contributed by atoms with Crippen molar-refractivity contribution in [1.29, 1.82) is 0 Å². The molecule has 1 fully saturated rings. The van der Waals surface area contributed by atoms with Crippen LogP contribution in [-0.4, -0.2) is 46.0 Å². The van der Waals surface area contributed by atoms with Crippen molar-refractivity contribution in [2.24, 2.45) is 0 Å². The van der Waals surface area contributed by atoms with Gasteiger partial charge in [0.25, 0.3) is 11.5 Å². The molecule has 2 aromatic rings. The lowest BCUT2D eigenvalue weighted by atomic mass is 10.1. The van der Waals surface area contributed by atoms with E-state index in [4.69, 9.17) is 4.74 Å². The van der Waals surface area contributed by atoms with Gasteiger partial charge in [-0.2, -0.15) is 0 Å². The van der Waals surface area contributed by atoms with E-state index in [-0.39, 0.29) is 11.1 Å². The van der Waals surface area contributed by atoms with Crippen LogP contribution in [-0.2, 0) is 16.1 Å². The first kappa shape index (κ1) is 17.8. The third-order valence-electron chi connectivity index (χ3n) is 4.65. The average Bonchev–Trinajstić information content (AvgIpc) is 3.14. The van der Waals surface area contributed by atoms with E-state index in [1.165, 1.54) is 16.6 Å². The van der Waals surface area contributed by atoms with Crippen LogP contribution in [0.5, 0.6) is 0 Å². The second-order valence-corrected chi connectivity index (χ2v) is 6.35. The van der Waals surface area contributed by atoms with Crippen molar-refractivity contribution in [3.63, 3.8) is 0 Å². The minimum Gasteiger partial charge on any atom is -0.467 e. The summed E-state index contributed by atoms with van der Waals surface area (Å²) in [7, 11) is 1.30. The van der Waals surface area contributed by atoms with Gasteiger partial charge in [-0.05, 0) is 43.0 Å². The third-order valence-corrected chi connectivity index (χ3v) is 4.65. The number of amides is 1. The number of rotatable bonds is 4. The first-order chi connectivity index (χ1) is 12.5. The zero-order chi connectivity index (χ0) is 18.7. The highest BCUT2D eigenvalue weighted by molar-refractivity contribution is 5.98. The molecule has 1 saturated heterocycles. The molecule has 7 heteroatoms. The summed E-state index contributed by atoms with van der Waals surface area (Å²) >= 11 is 0. The fourth-order valence-electron chi connectivity index (χ4n) is 3.27. The van der Waals surface area contributed by atoms with Crippen LogP contribution in [0.2, 0.25) is 0 Å². The van der Waals surface area contributed by atoms with Gasteiger partial charge < -0.3 is 14.2 Å². The van der Waals surface area contributed by atoms with Crippen LogP contribution in [0, 0.1) is 6.92 Å². The number of aromatic nitrogens is 2. The molecule has 2 aromatic heterocycles. The van der Waals surface area contributed by atoms with Crippen LogP contribution in [0.3, 0.4) is 0 Å². The van der Waals surface area contributed by atoms with Crippen LogP contribution >= 0.6 is 0 Å². The number of esters is 1. The fraction of sp³-hybridized carbons (Fsp3) is 0.368. The molecule has 136 valence electrons. The van der Waals surface area contributed by atoms with E-state index in [2.05, 4.69) is 4.98 Å². The van der Waals surface area contributed by atoms with E-state index >= 15 is 0 Å². The van der Waals surface area contributed by atoms with Gasteiger partial charge in [0.15, 0.2) is 0 Å². The SMILES string of the molecule is COC(=O)[C@H]1CCCN1C(=O)c1c(C)ccn(Cc2cccnc2)c1=O. The standard InChI is InChI=1S/C19H21N3O4/c1-13-7-10-21(12-14-5-3-8-20-11-14)17(23)16(13)18(24)22-9-4-6-15(22)19(25)26-2/h3,5,7-8,10-11,15H,4,6,9,12H2,1-2H3/t15-/m1/s1. The largest absolute Gasteiger partial charge is 0.467 e. The van der Waals surface area contributed by atoms with E-state index in [1.807, 2.05) is 6.07 Å². The van der Waals surface area contributed by atoms with Crippen molar-refractivity contribution in [3.05, 3.63) is 63.8 Å². The number of pyridine rings is 2. The van der Waals surface area contributed by atoms with Gasteiger partial charge in [0.05, 0.1) is 13.7 Å². The quantitative estimate of drug-likeness (QED) is 0.774. The lowest BCUT2D eigenvalue weighted by Gasteiger charge is -2.23. The van der Waals surface area contributed by atoms with Crippen molar-refractivity contribution in [1.82, 2.24) is 14.5 Å². The predicted octanol–water partition coefficient (Wildman–Crippen LogP) is 1.38. The van der Waals surface area contributed by atoms with Crippen molar-refractivity contribution >= 4 is 11.9 Å². The molecule has 1 atom stereocenters. The zero-order valence-corrected chi connectivity index (χ0v) is 14.8. The lowest BCUT2D eigenvalue weighted by Crippen LogP contribution is -2.44. The molecule has 0 unspecified atom stereocenters. The maximum absolute atomic E-state index is 13.0. The maximum atomic E-state index is 13.0. The lowest BCUT2D eigenvalue weighted by molar-refractivity contribution is -0.145. The number of carbonyl (C=O) groups is 2. The Morgan fingerprint density at radius 1 is 1.35 bits per heavy atom. The second-order valence-electron chi connectivity index (χ2n) is 6.35. The average molecular weight is 355 g/mol. The number of ether oxygens (including phenoxy) is 1. The first-order valence-electron chi connectivity index (χ1n) is 8.50. The Bertz CT molecular complexity index is 876. The van der Waals surface area contributed by atoms with Gasteiger partial charge in [0.2, 0.25) is 0 Å². The van der Waals surface area contributed by atoms with E-state index in [0.717, 1.165) is 5.56 Å². The smallest absolute Gasteiger partial charge is 0.328 e. The summed E-state index contributed by atoms with van der Waals surface area (Å²) < 4.78 is 6.28. The molecule has 7 nitrogen and oxygen atoms in total. The van der Waals surface area contributed by atoms with Gasteiger partial charge >= 0.3 is 5.97 Å². The third kappa shape index (κ3) is 3.37. The van der Waals surface area contributed by atoms with E-state index in [1.54, 1.807) is 37.6 Å². The molecule has 1 amide bonds. The number of hydrogen-bond acceptors (Lipinski definition) is 5. The number of nitrogens with zero attached hydrogens (tertiary/aromatic N) is 3. The minimum absolute atomic E-state index is 0.104. The Morgan fingerprint density at radius 3 is 2.85 bits per heavy atom. The van der Waals surface area contributed by atoms with Crippen LogP contribution in [0.4, 0.5) is 0 Å². The summed E-state index contributed by atoms with van der Waals surface area (Å²) in [5.74, 6) is -0.860. The normalized spacial score (nSPS) is 16.5. The summed E-state index contributed by atoms with van der Waals surface area (Å²) in [6, 6.07) is 4.78. The maximum Gasteiger partial charge on any atom is 0.328 e. The Kier molecular flexibility index (Phi) is 5.16. The topological polar surface area (TPSA) is 81.5 Å². The van der Waals surface area contributed by atoms with E-state index < -0.39 is 17.9 Å². The van der Waals surface area contributed by atoms with Crippen molar-refractivity contribution in [2.45, 2.75) is 32.4 Å². The van der Waals surface area contributed by atoms with E-state index in [0.29, 0.717) is 31.5 Å². The molecule has 3 heterocycles. The number of aryl methyl sites for hydroxylation is 1. The van der Waals surface area contributed by atoms with Crippen LogP contribution in [0.15, 0.2) is 41.6 Å². The van der Waals surface area contributed by atoms with Crippen LogP contribution < -0.4 is 5.56 Å². The molecule has 1 aliphatic heterocycles. The molecule has 0 aromatic carbocycles. The molecule has 0 bridgehead atoms. The second kappa shape index (κ2) is 7.51. The minimum atomic E-state index is -0.627. The van der Waals surface area contributed by atoms with Gasteiger partial charge in [-0.15, -0.1) is 0 Å². The van der Waals surface area contributed by atoms with Gasteiger partial charge in [-0.25, -0.2) is 4.79 Å². The number of carbonyl (C=O) groups excluding carboxylic acids is 2. The highest BCUT2D eigenvalue weighted by Crippen LogP contribution is 2.21. The Labute approximate surface area is 151 Å². The van der Waals surface area contributed by atoms with Crippen molar-refractivity contribution in [2.75, 3.05) is 13.7 Å². The zero-order valence-electron chi connectivity index (χ0n) is 14.8. The molecule has 3 rings (SSSR count). The molecule has 0 radical (unpaired) electrons. The summed E-state index contributed by atoms with van der Waals surface area (Å²) in [5, 5.41) is 0. The van der Waals surface area contributed by atoms with Gasteiger partial charge in [-0.3, -0.25) is 14.6 Å². The Hall–Kier alpha value is -2.96. The van der Waals surface area contributed by atoms with Gasteiger partial charge in [0.1, 0.15) is 11.6 Å². The monoisotopic (exact) mass is 355 g/mol. The van der Waals surface area contributed by atoms with Crippen LogP contribution in [0.1, 0.15) is 34.3 Å². The fourth-order valence-corrected chi connectivity index (χ4v) is 3.27. The summed E-state index contributed by atoms with van der Waals surface area (Å²) in [5.41, 5.74) is 1.20. The molecule has 0 N–H and O–H groups in total. The molecule has 0 spiro atoms. The Balaban J connectivity index is 1.94. The molecular formula is C19H21N3O4. The van der Waals surface area contributed by atoms with Gasteiger partial charge in [-0.1, -0.05) is 6.07 Å². The molecule has 0 aliphatic carbocycles. The number of likely N-dealkylation sites (tertiary alicyclic amines) is 1. The summed E-state index contributed by atoms with van der Waals surface area (Å²) in [6.45, 7) is 2.49. The molecule has 0 saturated carbocycles. The van der Waals surface area contributed by atoms with Crippen LogP contribution in [0.25, 0.3) is 0 Å². The molecule has 26 heavy (non-hydrogen) atoms.